The molecule has 118 valence electrons. The van der Waals surface area contributed by atoms with Crippen molar-refractivity contribution >= 4 is 0 Å². The maximum atomic E-state index is 6.21. The van der Waals surface area contributed by atoms with Gasteiger partial charge in [-0.1, -0.05) is 19.3 Å². The molecule has 1 saturated heterocycles. The molecule has 2 atom stereocenters. The Morgan fingerprint density at radius 2 is 2.19 bits per heavy atom. The molecular weight excluding hydrogens is 264 g/mol. The fourth-order valence-corrected chi connectivity index (χ4v) is 4.30. The molecule has 0 aromatic carbocycles. The summed E-state index contributed by atoms with van der Waals surface area (Å²) in [7, 11) is 1.97. The SMILES string of the molecule is Cc1nn(C)cc1C(NN)C1CCOC2(CCCCC2)C1. The summed E-state index contributed by atoms with van der Waals surface area (Å²) in [5.41, 5.74) is 5.48. The lowest BCUT2D eigenvalue weighted by atomic mass is 9.73. The van der Waals surface area contributed by atoms with E-state index in [0.29, 0.717) is 5.92 Å². The third-order valence-corrected chi connectivity index (χ3v) is 5.33. The highest BCUT2D eigenvalue weighted by molar-refractivity contribution is 5.21. The summed E-state index contributed by atoms with van der Waals surface area (Å²) < 4.78 is 8.09. The maximum absolute atomic E-state index is 6.21. The summed E-state index contributed by atoms with van der Waals surface area (Å²) in [5.74, 6) is 6.44. The number of nitrogens with one attached hydrogen (secondary N) is 1. The molecule has 3 N–H and O–H groups in total. The Kier molecular flexibility index (Phi) is 4.33. The van der Waals surface area contributed by atoms with Crippen LogP contribution >= 0.6 is 0 Å². The van der Waals surface area contributed by atoms with Crippen molar-refractivity contribution in [3.05, 3.63) is 17.5 Å². The van der Waals surface area contributed by atoms with E-state index in [1.807, 2.05) is 11.7 Å². The van der Waals surface area contributed by atoms with Crippen LogP contribution in [-0.4, -0.2) is 22.0 Å². The van der Waals surface area contributed by atoms with Crippen molar-refractivity contribution in [1.29, 1.82) is 0 Å². The average molecular weight is 292 g/mol. The van der Waals surface area contributed by atoms with E-state index in [4.69, 9.17) is 10.6 Å². The van der Waals surface area contributed by atoms with Gasteiger partial charge < -0.3 is 4.74 Å². The summed E-state index contributed by atoms with van der Waals surface area (Å²) >= 11 is 0. The number of aryl methyl sites for hydroxylation is 2. The van der Waals surface area contributed by atoms with Gasteiger partial charge in [0.25, 0.3) is 0 Å². The van der Waals surface area contributed by atoms with E-state index in [-0.39, 0.29) is 11.6 Å². The van der Waals surface area contributed by atoms with Crippen molar-refractivity contribution in [1.82, 2.24) is 15.2 Å². The molecule has 5 heteroatoms. The number of ether oxygens (including phenoxy) is 1. The first-order valence-corrected chi connectivity index (χ1v) is 8.24. The number of hydrazine groups is 1. The molecule has 2 heterocycles. The summed E-state index contributed by atoms with van der Waals surface area (Å²) in [6.45, 7) is 2.93. The molecule has 3 rings (SSSR count). The third-order valence-electron chi connectivity index (χ3n) is 5.33. The van der Waals surface area contributed by atoms with E-state index >= 15 is 0 Å². The Morgan fingerprint density at radius 1 is 1.43 bits per heavy atom. The Balaban J connectivity index is 1.78. The molecule has 2 fully saturated rings. The Morgan fingerprint density at radius 3 is 2.81 bits per heavy atom. The smallest absolute Gasteiger partial charge is 0.0686 e. The van der Waals surface area contributed by atoms with E-state index in [2.05, 4.69) is 23.6 Å². The van der Waals surface area contributed by atoms with E-state index < -0.39 is 0 Å². The molecule has 0 amide bonds. The van der Waals surface area contributed by atoms with Gasteiger partial charge in [0.1, 0.15) is 0 Å². The van der Waals surface area contributed by atoms with Crippen LogP contribution in [0.1, 0.15) is 62.2 Å². The predicted molar refractivity (Wildman–Crippen MR) is 82.5 cm³/mol. The Bertz CT molecular complexity index is 473. The largest absolute Gasteiger partial charge is 0.375 e. The number of rotatable bonds is 3. The fourth-order valence-electron chi connectivity index (χ4n) is 4.30. The quantitative estimate of drug-likeness (QED) is 0.663. The molecule has 5 nitrogen and oxygen atoms in total. The molecule has 1 spiro atoms. The van der Waals surface area contributed by atoms with Crippen molar-refractivity contribution in [3.63, 3.8) is 0 Å². The van der Waals surface area contributed by atoms with Gasteiger partial charge in [-0.3, -0.25) is 16.0 Å². The van der Waals surface area contributed by atoms with Gasteiger partial charge in [-0.15, -0.1) is 0 Å². The lowest BCUT2D eigenvalue weighted by Crippen LogP contribution is -2.46. The van der Waals surface area contributed by atoms with E-state index in [1.54, 1.807) is 0 Å². The summed E-state index contributed by atoms with van der Waals surface area (Å²) in [5, 5.41) is 4.47. The number of aromatic nitrogens is 2. The van der Waals surface area contributed by atoms with Crippen molar-refractivity contribution in [2.75, 3.05) is 6.61 Å². The molecule has 1 aliphatic heterocycles. The molecule has 1 aromatic heterocycles. The number of hydrogen-bond acceptors (Lipinski definition) is 4. The van der Waals surface area contributed by atoms with Crippen LogP contribution in [0.5, 0.6) is 0 Å². The topological polar surface area (TPSA) is 65.1 Å². The number of hydrogen-bond donors (Lipinski definition) is 2. The molecule has 0 bridgehead atoms. The minimum absolute atomic E-state index is 0.117. The van der Waals surface area contributed by atoms with Crippen LogP contribution < -0.4 is 11.3 Å². The summed E-state index contributed by atoms with van der Waals surface area (Å²) in [6, 6.07) is 0.182. The van der Waals surface area contributed by atoms with Crippen molar-refractivity contribution in [3.8, 4) is 0 Å². The van der Waals surface area contributed by atoms with Crippen molar-refractivity contribution in [2.45, 2.75) is 63.5 Å². The Hall–Kier alpha value is -0.910. The first-order valence-electron chi connectivity index (χ1n) is 8.24. The first-order chi connectivity index (χ1) is 10.1. The van der Waals surface area contributed by atoms with Crippen LogP contribution in [-0.2, 0) is 11.8 Å². The highest BCUT2D eigenvalue weighted by Gasteiger charge is 2.41. The maximum Gasteiger partial charge on any atom is 0.0686 e. The van der Waals surface area contributed by atoms with Gasteiger partial charge in [0.2, 0.25) is 0 Å². The van der Waals surface area contributed by atoms with Crippen LogP contribution in [0.2, 0.25) is 0 Å². The number of nitrogens with two attached hydrogens (primary N) is 1. The van der Waals surface area contributed by atoms with Gasteiger partial charge in [-0.25, -0.2) is 0 Å². The second kappa shape index (κ2) is 6.07. The first kappa shape index (κ1) is 15.0. The van der Waals surface area contributed by atoms with Crippen LogP contribution in [0.3, 0.4) is 0 Å². The predicted octanol–water partition coefficient (Wildman–Crippen LogP) is 2.36. The zero-order chi connectivity index (χ0) is 14.9. The summed E-state index contributed by atoms with van der Waals surface area (Å²) in [6.07, 6.45) is 10.7. The second-order valence-electron chi connectivity index (χ2n) is 6.83. The van der Waals surface area contributed by atoms with E-state index in [0.717, 1.165) is 25.1 Å². The molecule has 2 aliphatic rings. The lowest BCUT2D eigenvalue weighted by Gasteiger charge is -2.45. The highest BCUT2D eigenvalue weighted by atomic mass is 16.5. The standard InChI is InChI=1S/C16H28N4O/c1-12-14(11-20(2)19-12)15(18-17)13-6-9-21-16(10-13)7-4-3-5-8-16/h11,13,15,18H,3-10,17H2,1-2H3. The molecule has 1 aromatic rings. The van der Waals surface area contributed by atoms with Crippen molar-refractivity contribution < 1.29 is 4.74 Å². The molecule has 1 aliphatic carbocycles. The zero-order valence-corrected chi connectivity index (χ0v) is 13.3. The molecular formula is C16H28N4O. The van der Waals surface area contributed by atoms with E-state index in [9.17, 15) is 0 Å². The van der Waals surface area contributed by atoms with Gasteiger partial charge in [0.05, 0.1) is 17.3 Å². The minimum atomic E-state index is 0.117. The molecule has 2 unspecified atom stereocenters. The van der Waals surface area contributed by atoms with Gasteiger partial charge in [-0.2, -0.15) is 5.10 Å². The van der Waals surface area contributed by atoms with Crippen LogP contribution in [0.15, 0.2) is 6.20 Å². The third kappa shape index (κ3) is 3.00. The molecule has 21 heavy (non-hydrogen) atoms. The monoisotopic (exact) mass is 292 g/mol. The van der Waals surface area contributed by atoms with Gasteiger partial charge in [0.15, 0.2) is 0 Å². The van der Waals surface area contributed by atoms with Gasteiger partial charge in [-0.05, 0) is 38.5 Å². The lowest BCUT2D eigenvalue weighted by molar-refractivity contribution is -0.122. The van der Waals surface area contributed by atoms with Crippen LogP contribution in [0.4, 0.5) is 0 Å². The minimum Gasteiger partial charge on any atom is -0.375 e. The van der Waals surface area contributed by atoms with Crippen LogP contribution in [0.25, 0.3) is 0 Å². The Labute approximate surface area is 127 Å². The van der Waals surface area contributed by atoms with Crippen LogP contribution in [0, 0.1) is 12.8 Å². The second-order valence-corrected chi connectivity index (χ2v) is 6.83. The molecule has 1 saturated carbocycles. The van der Waals surface area contributed by atoms with E-state index in [1.165, 1.54) is 37.7 Å². The number of nitrogens with zero attached hydrogens (tertiary/aromatic N) is 2. The van der Waals surface area contributed by atoms with Gasteiger partial charge >= 0.3 is 0 Å². The zero-order valence-electron chi connectivity index (χ0n) is 13.3. The summed E-state index contributed by atoms with van der Waals surface area (Å²) in [4.78, 5) is 0. The van der Waals surface area contributed by atoms with Gasteiger partial charge in [0, 0.05) is 25.4 Å². The fraction of sp³-hybridized carbons (Fsp3) is 0.812. The normalized spacial score (nSPS) is 26.9. The molecule has 0 radical (unpaired) electrons. The van der Waals surface area contributed by atoms with Crippen molar-refractivity contribution in [2.24, 2.45) is 18.8 Å². The highest BCUT2D eigenvalue weighted by Crippen LogP contribution is 2.44. The average Bonchev–Trinajstić information content (AvgIpc) is 2.80.